The Balaban J connectivity index is 0.00000176. The van der Waals surface area contributed by atoms with Crippen molar-refractivity contribution in [3.8, 4) is 17.3 Å². The molecule has 0 bridgehead atoms. The molecule has 118 valence electrons. The summed E-state index contributed by atoms with van der Waals surface area (Å²) in [5.41, 5.74) is -1.01. The molecule has 0 atom stereocenters. The average molecular weight is 367 g/mol. The van der Waals surface area contributed by atoms with Crippen LogP contribution in [-0.2, 0) is 13.0 Å². The van der Waals surface area contributed by atoms with Crippen LogP contribution in [-0.4, -0.2) is 30.7 Å². The quantitative estimate of drug-likeness (QED) is 0.718. The monoisotopic (exact) mass is 365 g/mol. The highest BCUT2D eigenvalue weighted by atomic mass is 35.5. The molecule has 1 aliphatic heterocycles. The molecule has 0 aliphatic carbocycles. The first-order valence-corrected chi connectivity index (χ1v) is 6.80. The van der Waals surface area contributed by atoms with Crippen LogP contribution in [0.25, 0.3) is 11.5 Å². The van der Waals surface area contributed by atoms with E-state index in [1.54, 1.807) is 4.57 Å². The van der Waals surface area contributed by atoms with Gasteiger partial charge in [-0.2, -0.15) is 0 Å². The summed E-state index contributed by atoms with van der Waals surface area (Å²) in [5.74, 6) is -1.72. The molecule has 3 N–H and O–H groups in total. The third-order valence-electron chi connectivity index (χ3n) is 3.40. The number of aromatic nitrogens is 3. The van der Waals surface area contributed by atoms with Crippen LogP contribution in [0.5, 0.6) is 5.75 Å². The van der Waals surface area contributed by atoms with Crippen molar-refractivity contribution in [3.05, 3.63) is 31.8 Å². The van der Waals surface area contributed by atoms with Gasteiger partial charge >= 0.3 is 5.97 Å². The van der Waals surface area contributed by atoms with Gasteiger partial charge < -0.3 is 19.8 Å². The fourth-order valence-electron chi connectivity index (χ4n) is 2.47. The van der Waals surface area contributed by atoms with Crippen LogP contribution >= 0.6 is 35.6 Å². The first-order chi connectivity index (χ1) is 9.91. The third kappa shape index (κ3) is 2.35. The zero-order valence-corrected chi connectivity index (χ0v) is 13.2. The number of H-pyrrole nitrogens is 1. The SMILES string of the molecule is Cl.O=C(O)c1c(O)c2c([nH]c1=O)-c1nc(Cl)c(Cl)n1CCC2. The molecule has 0 spiro atoms. The Labute approximate surface area is 139 Å². The molecule has 7 nitrogen and oxygen atoms in total. The lowest BCUT2D eigenvalue weighted by atomic mass is 10.0. The minimum atomic E-state index is -1.49. The van der Waals surface area contributed by atoms with Gasteiger partial charge in [0.15, 0.2) is 16.5 Å². The molecule has 2 aromatic rings. The van der Waals surface area contributed by atoms with Gasteiger partial charge in [0.2, 0.25) is 0 Å². The van der Waals surface area contributed by atoms with E-state index in [1.807, 2.05) is 0 Å². The number of hydrogen-bond acceptors (Lipinski definition) is 4. The number of nitrogens with zero attached hydrogens (tertiary/aromatic N) is 2. The van der Waals surface area contributed by atoms with E-state index in [4.69, 9.17) is 28.3 Å². The summed E-state index contributed by atoms with van der Waals surface area (Å²) in [6, 6.07) is 0. The van der Waals surface area contributed by atoms with Gasteiger partial charge in [-0.15, -0.1) is 12.4 Å². The van der Waals surface area contributed by atoms with Gasteiger partial charge in [0.25, 0.3) is 5.56 Å². The number of fused-ring (bicyclic) bond motifs is 3. The van der Waals surface area contributed by atoms with Crippen molar-refractivity contribution >= 4 is 41.6 Å². The predicted octanol–water partition coefficient (Wildman–Crippen LogP) is 2.32. The van der Waals surface area contributed by atoms with Crippen LogP contribution in [0.4, 0.5) is 0 Å². The minimum absolute atomic E-state index is 0. The molecule has 2 aromatic heterocycles. The van der Waals surface area contributed by atoms with Gasteiger partial charge in [-0.1, -0.05) is 23.2 Å². The maximum absolute atomic E-state index is 11.9. The lowest BCUT2D eigenvalue weighted by Gasteiger charge is -2.09. The summed E-state index contributed by atoms with van der Waals surface area (Å²) in [6.07, 6.45) is 0.973. The van der Waals surface area contributed by atoms with Gasteiger partial charge in [0.1, 0.15) is 10.9 Å². The lowest BCUT2D eigenvalue weighted by molar-refractivity contribution is 0.0691. The fourth-order valence-corrected chi connectivity index (χ4v) is 2.86. The highest BCUT2D eigenvalue weighted by Gasteiger charge is 2.28. The molecule has 0 radical (unpaired) electrons. The number of rotatable bonds is 1. The van der Waals surface area contributed by atoms with Crippen LogP contribution in [0.1, 0.15) is 22.3 Å². The van der Waals surface area contributed by atoms with Crippen LogP contribution in [0.3, 0.4) is 0 Å². The van der Waals surface area contributed by atoms with Crippen LogP contribution in [0.15, 0.2) is 4.79 Å². The number of carboxylic acids is 1. The number of hydrogen-bond donors (Lipinski definition) is 3. The van der Waals surface area contributed by atoms with E-state index < -0.39 is 22.8 Å². The van der Waals surface area contributed by atoms with Crippen molar-refractivity contribution in [3.63, 3.8) is 0 Å². The number of aromatic amines is 1. The van der Waals surface area contributed by atoms with Gasteiger partial charge in [-0.05, 0) is 12.8 Å². The van der Waals surface area contributed by atoms with Crippen molar-refractivity contribution in [2.24, 2.45) is 0 Å². The minimum Gasteiger partial charge on any atom is -0.506 e. The Hall–Kier alpha value is -1.70. The van der Waals surface area contributed by atoms with E-state index in [0.717, 1.165) is 0 Å². The molecule has 1 aliphatic rings. The molecule has 0 saturated carbocycles. The van der Waals surface area contributed by atoms with Crippen LogP contribution < -0.4 is 5.56 Å². The van der Waals surface area contributed by atoms with Crippen LogP contribution in [0, 0.1) is 0 Å². The molecule has 0 unspecified atom stereocenters. The molecule has 0 fully saturated rings. The molecule has 3 heterocycles. The Morgan fingerprint density at radius 3 is 2.68 bits per heavy atom. The summed E-state index contributed by atoms with van der Waals surface area (Å²) < 4.78 is 1.62. The maximum Gasteiger partial charge on any atom is 0.345 e. The van der Waals surface area contributed by atoms with Gasteiger partial charge in [0, 0.05) is 12.1 Å². The summed E-state index contributed by atoms with van der Waals surface area (Å²) in [4.78, 5) is 29.5. The zero-order chi connectivity index (χ0) is 15.3. The first-order valence-electron chi connectivity index (χ1n) is 6.05. The van der Waals surface area contributed by atoms with E-state index in [1.165, 1.54) is 0 Å². The Morgan fingerprint density at radius 2 is 2.05 bits per heavy atom. The largest absolute Gasteiger partial charge is 0.506 e. The summed E-state index contributed by atoms with van der Waals surface area (Å²) in [7, 11) is 0. The summed E-state index contributed by atoms with van der Waals surface area (Å²) in [6.45, 7) is 0.493. The van der Waals surface area contributed by atoms with Gasteiger partial charge in [-0.3, -0.25) is 4.79 Å². The van der Waals surface area contributed by atoms with Gasteiger partial charge in [0.05, 0.1) is 5.69 Å². The van der Waals surface area contributed by atoms with Crippen molar-refractivity contribution in [2.45, 2.75) is 19.4 Å². The fraction of sp³-hybridized carbons (Fsp3) is 0.250. The number of carbonyl (C=O) groups is 1. The number of halogens is 3. The topological polar surface area (TPSA) is 108 Å². The third-order valence-corrected chi connectivity index (χ3v) is 4.15. The van der Waals surface area contributed by atoms with Crippen LogP contribution in [0.2, 0.25) is 10.3 Å². The number of carboxylic acid groups (broad SMARTS) is 1. The first kappa shape index (κ1) is 16.7. The maximum atomic E-state index is 11.9. The smallest absolute Gasteiger partial charge is 0.345 e. The van der Waals surface area contributed by atoms with E-state index in [0.29, 0.717) is 30.8 Å². The van der Waals surface area contributed by atoms with E-state index >= 15 is 0 Å². The molecule has 10 heteroatoms. The predicted molar refractivity (Wildman–Crippen MR) is 82.5 cm³/mol. The molecule has 22 heavy (non-hydrogen) atoms. The number of pyridine rings is 1. The second-order valence-electron chi connectivity index (χ2n) is 4.61. The number of aromatic carboxylic acids is 1. The highest BCUT2D eigenvalue weighted by Crippen LogP contribution is 2.36. The van der Waals surface area contributed by atoms with Gasteiger partial charge in [-0.25, -0.2) is 9.78 Å². The van der Waals surface area contributed by atoms with Crippen molar-refractivity contribution < 1.29 is 15.0 Å². The second-order valence-corrected chi connectivity index (χ2v) is 5.32. The normalized spacial score (nSPS) is 12.8. The summed E-state index contributed by atoms with van der Waals surface area (Å²) >= 11 is 11.9. The standard InChI is InChI=1S/C12H9Cl2N3O4.ClH/c13-8-9(14)17-3-1-2-4-6(10(17)16-8)15-11(19)5(7(4)18)12(20)21;/h1-3H2,(H,20,21)(H2,15,18,19);1H. The number of nitrogens with one attached hydrogen (secondary N) is 1. The Morgan fingerprint density at radius 1 is 1.36 bits per heavy atom. The van der Waals surface area contributed by atoms with E-state index in [2.05, 4.69) is 9.97 Å². The molecule has 3 rings (SSSR count). The molecule has 0 aromatic carbocycles. The molecular formula is C12H10Cl3N3O4. The van der Waals surface area contributed by atoms with Crippen molar-refractivity contribution in [2.75, 3.05) is 0 Å². The van der Waals surface area contributed by atoms with E-state index in [9.17, 15) is 14.7 Å². The molecule has 0 saturated heterocycles. The van der Waals surface area contributed by atoms with Crippen molar-refractivity contribution in [1.82, 2.24) is 14.5 Å². The lowest BCUT2D eigenvalue weighted by Crippen LogP contribution is -2.20. The second kappa shape index (κ2) is 5.83. The average Bonchev–Trinajstić information content (AvgIpc) is 2.58. The Kier molecular flexibility index (Phi) is 4.42. The molecular weight excluding hydrogens is 357 g/mol. The Bertz CT molecular complexity index is 828. The molecule has 0 amide bonds. The number of aromatic hydroxyl groups is 1. The zero-order valence-electron chi connectivity index (χ0n) is 10.9. The van der Waals surface area contributed by atoms with Crippen molar-refractivity contribution in [1.29, 1.82) is 0 Å². The highest BCUT2D eigenvalue weighted by molar-refractivity contribution is 6.40. The summed E-state index contributed by atoms with van der Waals surface area (Å²) in [5, 5.41) is 19.5. The number of imidazole rings is 1. The van der Waals surface area contributed by atoms with E-state index in [-0.39, 0.29) is 28.4 Å².